The number of nitrogens with zero attached hydrogens (tertiary/aromatic N) is 4. The average Bonchev–Trinajstić information content (AvgIpc) is 3.38. The maximum absolute atomic E-state index is 13.7. The lowest BCUT2D eigenvalue weighted by molar-refractivity contribution is -0.275. The summed E-state index contributed by atoms with van der Waals surface area (Å²) in [4.78, 5) is 39.3. The van der Waals surface area contributed by atoms with Gasteiger partial charge in [0.25, 0.3) is 0 Å². The molecule has 6 aromatic rings. The minimum Gasteiger partial charge on any atom is -0.489 e. The van der Waals surface area contributed by atoms with E-state index in [9.17, 15) is 44.7 Å². The molecule has 2 saturated heterocycles. The molecule has 2 atom stereocenters. The molecule has 2 unspecified atom stereocenters. The lowest BCUT2D eigenvalue weighted by Gasteiger charge is -2.32. The van der Waals surface area contributed by atoms with Crippen LogP contribution in [0.5, 0.6) is 23.0 Å². The van der Waals surface area contributed by atoms with Crippen molar-refractivity contribution in [3.8, 4) is 23.0 Å². The number of carbonyl (C=O) groups excluding carboxylic acids is 2. The Balaban J connectivity index is 0.000000216. The lowest BCUT2D eigenvalue weighted by atomic mass is 9.94. The molecular formula is C54H54F8N6O6. The van der Waals surface area contributed by atoms with E-state index in [0.717, 1.165) is 0 Å². The average molecular weight is 1040 g/mol. The van der Waals surface area contributed by atoms with Crippen molar-refractivity contribution in [3.05, 3.63) is 180 Å². The van der Waals surface area contributed by atoms with Crippen LogP contribution >= 0.6 is 0 Å². The van der Waals surface area contributed by atoms with E-state index >= 15 is 0 Å². The molecule has 4 aromatic carbocycles. The molecule has 2 N–H and O–H groups in total. The van der Waals surface area contributed by atoms with Crippen molar-refractivity contribution in [3.63, 3.8) is 0 Å². The summed E-state index contributed by atoms with van der Waals surface area (Å²) in [5, 5.41) is 5.94. The highest BCUT2D eigenvalue weighted by Crippen LogP contribution is 2.31. The van der Waals surface area contributed by atoms with Crippen molar-refractivity contribution < 1.29 is 63.7 Å². The number of hydrogen-bond donors (Lipinski definition) is 2. The molecule has 74 heavy (non-hydrogen) atoms. The van der Waals surface area contributed by atoms with Gasteiger partial charge in [0, 0.05) is 37.3 Å². The highest BCUT2D eigenvalue weighted by molar-refractivity contribution is 5.80. The van der Waals surface area contributed by atoms with E-state index in [-0.39, 0.29) is 46.6 Å². The van der Waals surface area contributed by atoms with Crippen LogP contribution in [0.2, 0.25) is 0 Å². The minimum atomic E-state index is -4.82. The van der Waals surface area contributed by atoms with E-state index in [1.807, 2.05) is 0 Å². The van der Waals surface area contributed by atoms with Crippen LogP contribution in [0.25, 0.3) is 0 Å². The van der Waals surface area contributed by atoms with E-state index in [2.05, 4.69) is 39.9 Å². The summed E-state index contributed by atoms with van der Waals surface area (Å²) in [5.41, 5.74) is 1.86. The molecule has 20 heteroatoms. The van der Waals surface area contributed by atoms with Gasteiger partial charge in [-0.05, 0) is 136 Å². The molecule has 12 nitrogen and oxygen atoms in total. The molecule has 0 radical (unpaired) electrons. The van der Waals surface area contributed by atoms with Gasteiger partial charge in [-0.15, -0.1) is 26.3 Å². The summed E-state index contributed by atoms with van der Waals surface area (Å²) < 4.78 is 123. The topological polar surface area (TPSA) is 127 Å². The van der Waals surface area contributed by atoms with Crippen LogP contribution in [-0.4, -0.2) is 96.8 Å². The standard InChI is InChI=1S/2C27H27F4N3O3/c2*28-22-8-1-2-10-24(22)36-17-16-34-14-11-19(12-15-34)26(35)33-25(23-9-3-4-13-32-23)20-6-5-7-21(18-20)37-27(29,30)31/h2*1-10,13,18-19,25H,11-12,14-17H2,(H,33,35). The van der Waals surface area contributed by atoms with Gasteiger partial charge in [-0.25, -0.2) is 8.78 Å². The Morgan fingerprint density at radius 1 is 0.527 bits per heavy atom. The number of alkyl halides is 6. The number of pyridine rings is 2. The second-order valence-corrected chi connectivity index (χ2v) is 17.4. The summed E-state index contributed by atoms with van der Waals surface area (Å²) in [6.07, 6.45) is -4.09. The molecular weight excluding hydrogens is 981 g/mol. The van der Waals surface area contributed by atoms with Gasteiger partial charge in [0.1, 0.15) is 24.7 Å². The summed E-state index contributed by atoms with van der Waals surface area (Å²) in [6, 6.07) is 32.4. The molecule has 2 fully saturated rings. The maximum atomic E-state index is 13.7. The van der Waals surface area contributed by atoms with E-state index in [1.165, 1.54) is 48.5 Å². The Morgan fingerprint density at radius 2 is 0.905 bits per heavy atom. The molecule has 2 aromatic heterocycles. The number of halogens is 8. The van der Waals surface area contributed by atoms with Crippen molar-refractivity contribution in [1.29, 1.82) is 0 Å². The normalized spacial score (nSPS) is 15.7. The number of amides is 2. The predicted molar refractivity (Wildman–Crippen MR) is 257 cm³/mol. The fourth-order valence-electron chi connectivity index (χ4n) is 8.58. The third-order valence-corrected chi connectivity index (χ3v) is 12.3. The van der Waals surface area contributed by atoms with E-state index in [4.69, 9.17) is 9.47 Å². The highest BCUT2D eigenvalue weighted by atomic mass is 19.4. The van der Waals surface area contributed by atoms with Crippen LogP contribution in [0.3, 0.4) is 0 Å². The second kappa shape index (κ2) is 26.1. The first kappa shape index (κ1) is 54.5. The number of hydrogen-bond acceptors (Lipinski definition) is 10. The zero-order valence-electron chi connectivity index (χ0n) is 39.9. The van der Waals surface area contributed by atoms with E-state index in [1.54, 1.807) is 97.3 Å². The fraction of sp³-hybridized carbons (Fsp3) is 0.333. The number of benzene rings is 4. The van der Waals surface area contributed by atoms with Crippen molar-refractivity contribution in [1.82, 2.24) is 30.4 Å². The lowest BCUT2D eigenvalue weighted by Crippen LogP contribution is -2.43. The third kappa shape index (κ3) is 16.9. The van der Waals surface area contributed by atoms with Gasteiger partial charge in [-0.3, -0.25) is 29.4 Å². The van der Waals surface area contributed by atoms with Gasteiger partial charge in [0.15, 0.2) is 23.1 Å². The Hall–Kier alpha value is -7.32. The quantitative estimate of drug-likeness (QED) is 0.0804. The van der Waals surface area contributed by atoms with Crippen molar-refractivity contribution in [2.75, 3.05) is 52.5 Å². The van der Waals surface area contributed by atoms with Crippen molar-refractivity contribution >= 4 is 11.8 Å². The molecule has 392 valence electrons. The Labute approximate surface area is 422 Å². The van der Waals surface area contributed by atoms with Gasteiger partial charge in [0.2, 0.25) is 11.8 Å². The van der Waals surface area contributed by atoms with E-state index < -0.39 is 36.4 Å². The van der Waals surface area contributed by atoms with Gasteiger partial charge in [-0.1, -0.05) is 60.7 Å². The smallest absolute Gasteiger partial charge is 0.489 e. The number of rotatable bonds is 18. The number of carbonyl (C=O) groups is 2. The first-order chi connectivity index (χ1) is 35.6. The fourth-order valence-corrected chi connectivity index (χ4v) is 8.58. The largest absolute Gasteiger partial charge is 0.573 e. The molecule has 2 aliphatic rings. The summed E-state index contributed by atoms with van der Waals surface area (Å²) in [5.74, 6) is -2.04. The Kier molecular flexibility index (Phi) is 19.2. The summed E-state index contributed by atoms with van der Waals surface area (Å²) in [6.45, 7) is 4.54. The first-order valence-corrected chi connectivity index (χ1v) is 23.9. The Bertz CT molecular complexity index is 2520. The summed E-state index contributed by atoms with van der Waals surface area (Å²) >= 11 is 0. The SMILES string of the molecule is O=C(NC(c1cccc(OC(F)(F)F)c1)c1ccccn1)C1CCN(CCOc2ccccc2F)CC1.O=C(NC(c1cccc(OC(F)(F)F)c1)c1ccccn1)C1CCN(CCOc2ccccc2F)CC1. The minimum absolute atomic E-state index is 0.194. The predicted octanol–water partition coefficient (Wildman–Crippen LogP) is 10.2. The van der Waals surface area contributed by atoms with Crippen LogP contribution in [0, 0.1) is 23.5 Å². The van der Waals surface area contributed by atoms with Crippen LogP contribution in [0.15, 0.2) is 146 Å². The van der Waals surface area contributed by atoms with Crippen molar-refractivity contribution in [2.45, 2.75) is 50.5 Å². The monoisotopic (exact) mass is 1030 g/mol. The second-order valence-electron chi connectivity index (χ2n) is 17.4. The van der Waals surface area contributed by atoms with Crippen LogP contribution in [-0.2, 0) is 9.59 Å². The van der Waals surface area contributed by atoms with Crippen LogP contribution in [0.1, 0.15) is 60.3 Å². The van der Waals surface area contributed by atoms with E-state index in [0.29, 0.717) is 101 Å². The van der Waals surface area contributed by atoms with Crippen molar-refractivity contribution in [2.24, 2.45) is 11.8 Å². The number of nitrogens with one attached hydrogen (secondary N) is 2. The van der Waals surface area contributed by atoms with Crippen LogP contribution in [0.4, 0.5) is 35.1 Å². The van der Waals surface area contributed by atoms with Crippen LogP contribution < -0.4 is 29.6 Å². The zero-order chi connectivity index (χ0) is 52.5. The summed E-state index contributed by atoms with van der Waals surface area (Å²) in [7, 11) is 0. The number of piperidine rings is 2. The third-order valence-electron chi connectivity index (χ3n) is 12.3. The number of likely N-dealkylation sites (tertiary alicyclic amines) is 2. The highest BCUT2D eigenvalue weighted by Gasteiger charge is 2.34. The van der Waals surface area contributed by atoms with Gasteiger partial charge < -0.3 is 29.6 Å². The molecule has 0 bridgehead atoms. The van der Waals surface area contributed by atoms with Gasteiger partial charge >= 0.3 is 12.7 Å². The molecule has 0 spiro atoms. The molecule has 2 aliphatic heterocycles. The Morgan fingerprint density at radius 3 is 1.26 bits per heavy atom. The molecule has 4 heterocycles. The number of ether oxygens (including phenoxy) is 4. The number of para-hydroxylation sites is 2. The first-order valence-electron chi connectivity index (χ1n) is 23.9. The molecule has 2 amide bonds. The maximum Gasteiger partial charge on any atom is 0.573 e. The number of aromatic nitrogens is 2. The van der Waals surface area contributed by atoms with Gasteiger partial charge in [-0.2, -0.15) is 0 Å². The zero-order valence-corrected chi connectivity index (χ0v) is 39.9. The molecule has 0 saturated carbocycles. The van der Waals surface area contributed by atoms with Gasteiger partial charge in [0.05, 0.1) is 23.5 Å². The molecule has 0 aliphatic carbocycles. The molecule has 8 rings (SSSR count).